The third-order valence-corrected chi connectivity index (χ3v) is 5.29. The van der Waals surface area contributed by atoms with Crippen LogP contribution >= 0.6 is 23.1 Å². The molecule has 0 aliphatic heterocycles. The lowest BCUT2D eigenvalue weighted by molar-refractivity contribution is 0.601. The van der Waals surface area contributed by atoms with Gasteiger partial charge in [0.15, 0.2) is 4.34 Å². The van der Waals surface area contributed by atoms with E-state index in [0.717, 1.165) is 10.1 Å². The summed E-state index contributed by atoms with van der Waals surface area (Å²) < 4.78 is 27.1. The normalized spacial score (nSPS) is 11.4. The molecule has 0 amide bonds. The van der Waals surface area contributed by atoms with Crippen molar-refractivity contribution in [3.8, 4) is 0 Å². The third kappa shape index (κ3) is 3.21. The Morgan fingerprint density at radius 1 is 1.28 bits per heavy atom. The zero-order chi connectivity index (χ0) is 13.0. The summed E-state index contributed by atoms with van der Waals surface area (Å²) in [4.78, 5) is 0.213. The molecule has 2 rings (SSSR count). The average Bonchev–Trinajstić information content (AvgIpc) is 2.77. The van der Waals surface area contributed by atoms with Gasteiger partial charge >= 0.3 is 0 Å². The molecule has 0 atom stereocenters. The van der Waals surface area contributed by atoms with Gasteiger partial charge in [-0.2, -0.15) is 0 Å². The molecule has 0 unspecified atom stereocenters. The van der Waals surface area contributed by atoms with E-state index in [1.54, 1.807) is 18.2 Å². The third-order valence-electron chi connectivity index (χ3n) is 1.95. The van der Waals surface area contributed by atoms with E-state index in [9.17, 15) is 8.42 Å². The van der Waals surface area contributed by atoms with Gasteiger partial charge in [-0.3, -0.25) is 4.72 Å². The largest absolute Gasteiger partial charge is 0.263 e. The number of hydrogen-bond acceptors (Lipinski definition) is 6. The van der Waals surface area contributed by atoms with Crippen molar-refractivity contribution in [1.82, 2.24) is 10.2 Å². The molecular formula is C10H11N3O2S3. The molecular weight excluding hydrogens is 290 g/mol. The van der Waals surface area contributed by atoms with Crippen molar-refractivity contribution < 1.29 is 8.42 Å². The van der Waals surface area contributed by atoms with Gasteiger partial charge in [0.05, 0.1) is 4.90 Å². The summed E-state index contributed by atoms with van der Waals surface area (Å²) in [6.07, 6.45) is 0. The highest BCUT2D eigenvalue weighted by molar-refractivity contribution is 8.01. The number of anilines is 1. The average molecular weight is 301 g/mol. The molecule has 1 aromatic heterocycles. The summed E-state index contributed by atoms with van der Waals surface area (Å²) in [6.45, 7) is 2.00. The Kier molecular flexibility index (Phi) is 4.20. The maximum atomic E-state index is 12.0. The number of sulfonamides is 1. The van der Waals surface area contributed by atoms with Crippen molar-refractivity contribution in [3.63, 3.8) is 0 Å². The fourth-order valence-corrected chi connectivity index (χ4v) is 4.11. The van der Waals surface area contributed by atoms with E-state index in [1.165, 1.54) is 35.2 Å². The van der Waals surface area contributed by atoms with E-state index in [1.807, 2.05) is 6.92 Å². The van der Waals surface area contributed by atoms with E-state index >= 15 is 0 Å². The molecule has 0 bridgehead atoms. The molecule has 0 aliphatic rings. The fraction of sp³-hybridized carbons (Fsp3) is 0.200. The second-order valence-corrected chi connectivity index (χ2v) is 7.40. The van der Waals surface area contributed by atoms with Crippen LogP contribution in [0.1, 0.15) is 6.92 Å². The van der Waals surface area contributed by atoms with Gasteiger partial charge in [0.1, 0.15) is 0 Å². The number of nitrogens with zero attached hydrogens (tertiary/aromatic N) is 2. The van der Waals surface area contributed by atoms with Crippen molar-refractivity contribution in [2.75, 3.05) is 10.5 Å². The van der Waals surface area contributed by atoms with Crippen LogP contribution in [0.15, 0.2) is 39.6 Å². The summed E-state index contributed by atoms with van der Waals surface area (Å²) in [6, 6.07) is 8.18. The summed E-state index contributed by atoms with van der Waals surface area (Å²) in [5, 5.41) is 7.98. The number of hydrogen-bond donors (Lipinski definition) is 1. The van der Waals surface area contributed by atoms with Gasteiger partial charge in [-0.25, -0.2) is 8.42 Å². The Morgan fingerprint density at radius 3 is 2.67 bits per heavy atom. The minimum absolute atomic E-state index is 0.213. The number of thioether (sulfide) groups is 1. The first-order valence-electron chi connectivity index (χ1n) is 5.16. The van der Waals surface area contributed by atoms with Crippen LogP contribution in [-0.2, 0) is 10.0 Å². The van der Waals surface area contributed by atoms with E-state index in [2.05, 4.69) is 14.9 Å². The van der Waals surface area contributed by atoms with Crippen LogP contribution in [0.5, 0.6) is 0 Å². The van der Waals surface area contributed by atoms with E-state index in [0.29, 0.717) is 0 Å². The number of nitrogens with one attached hydrogen (secondary N) is 1. The van der Waals surface area contributed by atoms with Crippen molar-refractivity contribution >= 4 is 38.3 Å². The van der Waals surface area contributed by atoms with Crippen molar-refractivity contribution in [1.29, 1.82) is 0 Å². The molecule has 5 nitrogen and oxygen atoms in total. The SMILES string of the molecule is CCSc1nnc(NS(=O)(=O)c2ccccc2)s1. The minimum atomic E-state index is -3.57. The van der Waals surface area contributed by atoms with Gasteiger partial charge in [-0.1, -0.05) is 48.2 Å². The summed E-state index contributed by atoms with van der Waals surface area (Å²) in [5.41, 5.74) is 0. The van der Waals surface area contributed by atoms with E-state index < -0.39 is 10.0 Å². The molecule has 1 N–H and O–H groups in total. The zero-order valence-electron chi connectivity index (χ0n) is 9.53. The highest BCUT2D eigenvalue weighted by Crippen LogP contribution is 2.26. The molecule has 0 spiro atoms. The number of aromatic nitrogens is 2. The van der Waals surface area contributed by atoms with Gasteiger partial charge in [-0.15, -0.1) is 10.2 Å². The lowest BCUT2D eigenvalue weighted by atomic mass is 10.4. The highest BCUT2D eigenvalue weighted by Gasteiger charge is 2.16. The van der Waals surface area contributed by atoms with Gasteiger partial charge in [0.2, 0.25) is 5.13 Å². The molecule has 0 fully saturated rings. The first-order valence-corrected chi connectivity index (χ1v) is 8.44. The number of rotatable bonds is 5. The molecule has 0 saturated heterocycles. The van der Waals surface area contributed by atoms with Gasteiger partial charge in [0.25, 0.3) is 10.0 Å². The van der Waals surface area contributed by atoms with Crippen molar-refractivity contribution in [2.45, 2.75) is 16.2 Å². The molecule has 0 radical (unpaired) electrons. The van der Waals surface area contributed by atoms with Crippen LogP contribution in [0.4, 0.5) is 5.13 Å². The van der Waals surface area contributed by atoms with Crippen molar-refractivity contribution in [3.05, 3.63) is 30.3 Å². The predicted octanol–water partition coefficient (Wildman–Crippen LogP) is 2.45. The minimum Gasteiger partial charge on any atom is -0.253 e. The molecule has 1 heterocycles. The summed E-state index contributed by atoms with van der Waals surface area (Å²) in [7, 11) is -3.57. The molecule has 2 aromatic rings. The zero-order valence-corrected chi connectivity index (χ0v) is 12.0. The summed E-state index contributed by atoms with van der Waals surface area (Å²) in [5.74, 6) is 0.875. The first-order chi connectivity index (χ1) is 8.62. The topological polar surface area (TPSA) is 72.0 Å². The Hall–Kier alpha value is -1.12. The van der Waals surface area contributed by atoms with Crippen LogP contribution in [0.25, 0.3) is 0 Å². The maximum absolute atomic E-state index is 12.0. The monoisotopic (exact) mass is 301 g/mol. The Bertz CT molecular complexity index is 610. The molecule has 8 heteroatoms. The lowest BCUT2D eigenvalue weighted by Crippen LogP contribution is -2.12. The molecule has 1 aromatic carbocycles. The number of benzene rings is 1. The Balaban J connectivity index is 2.17. The fourth-order valence-electron chi connectivity index (χ4n) is 1.21. The quantitative estimate of drug-likeness (QED) is 0.859. The summed E-state index contributed by atoms with van der Waals surface area (Å²) >= 11 is 2.76. The van der Waals surface area contributed by atoms with E-state index in [4.69, 9.17) is 0 Å². The van der Waals surface area contributed by atoms with Crippen LogP contribution in [0.3, 0.4) is 0 Å². The molecule has 18 heavy (non-hydrogen) atoms. The van der Waals surface area contributed by atoms with E-state index in [-0.39, 0.29) is 10.0 Å². The standard InChI is InChI=1S/C10H11N3O2S3/c1-2-16-10-12-11-9(17-10)13-18(14,15)8-6-4-3-5-7-8/h3-7H,2H2,1H3,(H,11,13). The Labute approximate surface area is 114 Å². The van der Waals surface area contributed by atoms with Gasteiger partial charge in [0, 0.05) is 0 Å². The van der Waals surface area contributed by atoms with Crippen LogP contribution in [-0.4, -0.2) is 24.4 Å². The van der Waals surface area contributed by atoms with Gasteiger partial charge < -0.3 is 0 Å². The van der Waals surface area contributed by atoms with Crippen LogP contribution in [0.2, 0.25) is 0 Å². The molecule has 96 valence electrons. The highest BCUT2D eigenvalue weighted by atomic mass is 32.2. The second kappa shape index (κ2) is 5.68. The first kappa shape index (κ1) is 13.3. The second-order valence-electron chi connectivity index (χ2n) is 3.22. The maximum Gasteiger partial charge on any atom is 0.263 e. The molecule has 0 aliphatic carbocycles. The van der Waals surface area contributed by atoms with Crippen LogP contribution < -0.4 is 4.72 Å². The predicted molar refractivity (Wildman–Crippen MR) is 73.6 cm³/mol. The van der Waals surface area contributed by atoms with Crippen molar-refractivity contribution in [2.24, 2.45) is 0 Å². The van der Waals surface area contributed by atoms with Gasteiger partial charge in [-0.05, 0) is 17.9 Å². The molecule has 0 saturated carbocycles. The lowest BCUT2D eigenvalue weighted by Gasteiger charge is -2.03. The smallest absolute Gasteiger partial charge is 0.253 e. The Morgan fingerprint density at radius 2 is 2.00 bits per heavy atom. The van der Waals surface area contributed by atoms with Crippen LogP contribution in [0, 0.1) is 0 Å².